The van der Waals surface area contributed by atoms with Crippen molar-refractivity contribution < 1.29 is 9.53 Å². The summed E-state index contributed by atoms with van der Waals surface area (Å²) in [4.78, 5) is 14.7. The molecule has 0 radical (unpaired) electrons. The largest absolute Gasteiger partial charge is 0.384 e. The van der Waals surface area contributed by atoms with E-state index in [1.54, 1.807) is 7.11 Å². The molecule has 0 bridgehead atoms. The number of piperidine rings is 1. The summed E-state index contributed by atoms with van der Waals surface area (Å²) >= 11 is 0. The van der Waals surface area contributed by atoms with Gasteiger partial charge in [0.15, 0.2) is 0 Å². The SMILES string of the molecule is COCC1CCN(C(=O)C2CCCCC2CN)CC1. The Labute approximate surface area is 116 Å². The molecule has 0 aromatic rings. The normalized spacial score (nSPS) is 29.5. The average Bonchev–Trinajstić information content (AvgIpc) is 2.47. The number of nitrogens with zero attached hydrogens (tertiary/aromatic N) is 1. The lowest BCUT2D eigenvalue weighted by atomic mass is 9.78. The number of carbonyl (C=O) groups is 1. The number of amides is 1. The molecule has 1 aliphatic heterocycles. The lowest BCUT2D eigenvalue weighted by molar-refractivity contribution is -0.140. The fourth-order valence-electron chi connectivity index (χ4n) is 3.61. The molecule has 4 nitrogen and oxygen atoms in total. The van der Waals surface area contributed by atoms with Crippen molar-refractivity contribution in [3.8, 4) is 0 Å². The van der Waals surface area contributed by atoms with Crippen molar-refractivity contribution >= 4 is 5.91 Å². The van der Waals surface area contributed by atoms with Gasteiger partial charge in [0.05, 0.1) is 0 Å². The van der Waals surface area contributed by atoms with E-state index in [2.05, 4.69) is 4.90 Å². The Morgan fingerprint density at radius 2 is 1.89 bits per heavy atom. The van der Waals surface area contributed by atoms with Crippen LogP contribution in [0.1, 0.15) is 38.5 Å². The summed E-state index contributed by atoms with van der Waals surface area (Å²) < 4.78 is 5.21. The van der Waals surface area contributed by atoms with E-state index in [-0.39, 0.29) is 5.92 Å². The molecule has 2 fully saturated rings. The molecular formula is C15H28N2O2. The van der Waals surface area contributed by atoms with Gasteiger partial charge in [0, 0.05) is 32.7 Å². The monoisotopic (exact) mass is 268 g/mol. The predicted octanol–water partition coefficient (Wildman–Crippen LogP) is 1.64. The van der Waals surface area contributed by atoms with Crippen LogP contribution in [0.2, 0.25) is 0 Å². The third kappa shape index (κ3) is 3.69. The van der Waals surface area contributed by atoms with Crippen molar-refractivity contribution in [2.75, 3.05) is 33.4 Å². The zero-order valence-corrected chi connectivity index (χ0v) is 12.1. The second-order valence-corrected chi connectivity index (χ2v) is 6.11. The fraction of sp³-hybridized carbons (Fsp3) is 0.933. The number of methoxy groups -OCH3 is 1. The number of likely N-dealkylation sites (tertiary alicyclic amines) is 1. The van der Waals surface area contributed by atoms with E-state index in [0.29, 0.717) is 24.3 Å². The van der Waals surface area contributed by atoms with Crippen molar-refractivity contribution in [3.05, 3.63) is 0 Å². The molecule has 2 atom stereocenters. The average molecular weight is 268 g/mol. The van der Waals surface area contributed by atoms with Crippen molar-refractivity contribution in [2.45, 2.75) is 38.5 Å². The summed E-state index contributed by atoms with van der Waals surface area (Å²) in [5.41, 5.74) is 5.84. The molecule has 4 heteroatoms. The van der Waals surface area contributed by atoms with Gasteiger partial charge >= 0.3 is 0 Å². The van der Waals surface area contributed by atoms with Crippen LogP contribution in [0.15, 0.2) is 0 Å². The Kier molecular flexibility index (Phi) is 5.64. The van der Waals surface area contributed by atoms with Crippen LogP contribution in [0.25, 0.3) is 0 Å². The summed E-state index contributed by atoms with van der Waals surface area (Å²) in [6, 6.07) is 0. The molecule has 2 N–H and O–H groups in total. The standard InChI is InChI=1S/C15H28N2O2/c1-19-11-12-6-8-17(9-7-12)15(18)14-5-3-2-4-13(14)10-16/h12-14H,2-11,16H2,1H3. The van der Waals surface area contributed by atoms with Gasteiger partial charge in [-0.3, -0.25) is 4.79 Å². The van der Waals surface area contributed by atoms with E-state index in [9.17, 15) is 4.79 Å². The highest BCUT2D eigenvalue weighted by molar-refractivity contribution is 5.79. The fourth-order valence-corrected chi connectivity index (χ4v) is 3.61. The van der Waals surface area contributed by atoms with Gasteiger partial charge < -0.3 is 15.4 Å². The van der Waals surface area contributed by atoms with Crippen LogP contribution in [0.4, 0.5) is 0 Å². The molecule has 1 amide bonds. The van der Waals surface area contributed by atoms with E-state index in [4.69, 9.17) is 10.5 Å². The van der Waals surface area contributed by atoms with E-state index < -0.39 is 0 Å². The highest BCUT2D eigenvalue weighted by atomic mass is 16.5. The molecule has 110 valence electrons. The van der Waals surface area contributed by atoms with E-state index in [1.165, 1.54) is 12.8 Å². The first kappa shape index (κ1) is 14.8. The molecule has 0 aromatic heterocycles. The molecule has 0 spiro atoms. The molecular weight excluding hydrogens is 240 g/mol. The summed E-state index contributed by atoms with van der Waals surface area (Å²) in [6.45, 7) is 3.30. The zero-order chi connectivity index (χ0) is 13.7. The topological polar surface area (TPSA) is 55.6 Å². The maximum atomic E-state index is 12.6. The van der Waals surface area contributed by atoms with Gasteiger partial charge in [0.2, 0.25) is 5.91 Å². The predicted molar refractivity (Wildman–Crippen MR) is 75.7 cm³/mol. The quantitative estimate of drug-likeness (QED) is 0.843. The number of nitrogens with two attached hydrogens (primary N) is 1. The Morgan fingerprint density at radius 1 is 1.21 bits per heavy atom. The third-order valence-electron chi connectivity index (χ3n) is 4.86. The first-order chi connectivity index (χ1) is 9.26. The van der Waals surface area contributed by atoms with E-state index in [1.807, 2.05) is 0 Å². The first-order valence-electron chi connectivity index (χ1n) is 7.74. The molecule has 2 rings (SSSR count). The van der Waals surface area contributed by atoms with Crippen LogP contribution in [-0.2, 0) is 9.53 Å². The van der Waals surface area contributed by atoms with Crippen LogP contribution in [-0.4, -0.2) is 44.2 Å². The number of carbonyl (C=O) groups excluding carboxylic acids is 1. The van der Waals surface area contributed by atoms with Gasteiger partial charge in [-0.15, -0.1) is 0 Å². The maximum Gasteiger partial charge on any atom is 0.226 e. The lowest BCUT2D eigenvalue weighted by Crippen LogP contribution is -2.46. The molecule has 2 aliphatic rings. The van der Waals surface area contributed by atoms with Gasteiger partial charge in [-0.05, 0) is 44.1 Å². The molecule has 0 aromatic carbocycles. The van der Waals surface area contributed by atoms with Crippen LogP contribution < -0.4 is 5.73 Å². The number of ether oxygens (including phenoxy) is 1. The summed E-state index contributed by atoms with van der Waals surface area (Å²) in [5.74, 6) is 1.60. The molecule has 2 unspecified atom stereocenters. The highest BCUT2D eigenvalue weighted by Gasteiger charge is 2.34. The van der Waals surface area contributed by atoms with Crippen LogP contribution in [0.3, 0.4) is 0 Å². The highest BCUT2D eigenvalue weighted by Crippen LogP contribution is 2.32. The van der Waals surface area contributed by atoms with Crippen LogP contribution >= 0.6 is 0 Å². The van der Waals surface area contributed by atoms with Gasteiger partial charge in [-0.2, -0.15) is 0 Å². The zero-order valence-electron chi connectivity index (χ0n) is 12.1. The van der Waals surface area contributed by atoms with Crippen molar-refractivity contribution in [2.24, 2.45) is 23.5 Å². The number of rotatable bonds is 4. The van der Waals surface area contributed by atoms with Crippen molar-refractivity contribution in [1.29, 1.82) is 0 Å². The molecule has 1 saturated heterocycles. The third-order valence-corrected chi connectivity index (χ3v) is 4.86. The minimum Gasteiger partial charge on any atom is -0.384 e. The second kappa shape index (κ2) is 7.25. The van der Waals surface area contributed by atoms with Crippen LogP contribution in [0, 0.1) is 17.8 Å². The van der Waals surface area contributed by atoms with E-state index in [0.717, 1.165) is 45.4 Å². The Hall–Kier alpha value is -0.610. The molecule has 1 heterocycles. The number of hydrogen-bond acceptors (Lipinski definition) is 3. The van der Waals surface area contributed by atoms with Gasteiger partial charge in [0.25, 0.3) is 0 Å². The minimum atomic E-state index is 0.192. The molecule has 19 heavy (non-hydrogen) atoms. The minimum absolute atomic E-state index is 0.192. The maximum absolute atomic E-state index is 12.6. The van der Waals surface area contributed by atoms with Gasteiger partial charge in [-0.1, -0.05) is 12.8 Å². The smallest absolute Gasteiger partial charge is 0.226 e. The second-order valence-electron chi connectivity index (χ2n) is 6.11. The van der Waals surface area contributed by atoms with E-state index >= 15 is 0 Å². The lowest BCUT2D eigenvalue weighted by Gasteiger charge is -2.37. The summed E-state index contributed by atoms with van der Waals surface area (Å²) in [7, 11) is 1.76. The number of hydrogen-bond donors (Lipinski definition) is 1. The summed E-state index contributed by atoms with van der Waals surface area (Å²) in [6.07, 6.45) is 6.76. The van der Waals surface area contributed by atoms with Crippen LogP contribution in [0.5, 0.6) is 0 Å². The Morgan fingerprint density at radius 3 is 2.53 bits per heavy atom. The Bertz CT molecular complexity index is 288. The van der Waals surface area contributed by atoms with Crippen molar-refractivity contribution in [1.82, 2.24) is 4.90 Å². The molecule has 1 saturated carbocycles. The van der Waals surface area contributed by atoms with Gasteiger partial charge in [-0.25, -0.2) is 0 Å². The molecule has 1 aliphatic carbocycles. The Balaban J connectivity index is 1.86. The first-order valence-corrected chi connectivity index (χ1v) is 7.74. The summed E-state index contributed by atoms with van der Waals surface area (Å²) in [5, 5.41) is 0. The van der Waals surface area contributed by atoms with Gasteiger partial charge in [0.1, 0.15) is 0 Å². The van der Waals surface area contributed by atoms with Crippen molar-refractivity contribution in [3.63, 3.8) is 0 Å².